The minimum atomic E-state index is -0.939. The predicted octanol–water partition coefficient (Wildman–Crippen LogP) is 1.90. The van der Waals surface area contributed by atoms with Gasteiger partial charge in [0.25, 0.3) is 0 Å². The molecule has 1 fully saturated rings. The van der Waals surface area contributed by atoms with Crippen molar-refractivity contribution in [2.75, 3.05) is 13.2 Å². The first-order chi connectivity index (χ1) is 12.2. The van der Waals surface area contributed by atoms with Crippen molar-refractivity contribution in [3.63, 3.8) is 0 Å². The van der Waals surface area contributed by atoms with Crippen LogP contribution in [0.3, 0.4) is 0 Å². The molecule has 142 valence electrons. The normalized spacial score (nSPS) is 24.5. The summed E-state index contributed by atoms with van der Waals surface area (Å²) in [6.07, 6.45) is 1.00. The van der Waals surface area contributed by atoms with Gasteiger partial charge in [0.05, 0.1) is 11.6 Å². The average Bonchev–Trinajstić information content (AvgIpc) is 2.92. The summed E-state index contributed by atoms with van der Waals surface area (Å²) < 4.78 is 21.4. The quantitative estimate of drug-likeness (QED) is 0.822. The second kappa shape index (κ2) is 6.63. The van der Waals surface area contributed by atoms with Crippen LogP contribution in [-0.2, 0) is 23.0 Å². The Morgan fingerprint density at radius 3 is 2.85 bits per heavy atom. The third-order valence-corrected chi connectivity index (χ3v) is 5.82. The smallest absolute Gasteiger partial charge is 0.240 e. The molecule has 3 rings (SSSR count). The summed E-state index contributed by atoms with van der Waals surface area (Å²) in [7, 11) is 1.85. The fraction of sp³-hybridized carbons (Fsp3) is 0.579. The maximum absolute atomic E-state index is 13.9. The zero-order valence-corrected chi connectivity index (χ0v) is 15.8. The summed E-state index contributed by atoms with van der Waals surface area (Å²) in [5.74, 6) is 0.201. The third kappa shape index (κ3) is 2.79. The molecule has 1 aromatic carbocycles. The van der Waals surface area contributed by atoms with E-state index in [-0.39, 0.29) is 17.8 Å². The molecule has 3 N–H and O–H groups in total. The minimum Gasteiger partial charge on any atom is -0.378 e. The zero-order chi connectivity index (χ0) is 19.1. The number of aryl methyl sites for hydroxylation is 1. The number of carbonyl (C=O) groups excluding carboxylic acids is 1. The Balaban J connectivity index is 1.63. The number of hydrogen-bond acceptors (Lipinski definition) is 4. The second-order valence-corrected chi connectivity index (χ2v) is 7.54. The van der Waals surface area contributed by atoms with Gasteiger partial charge in [0.15, 0.2) is 5.82 Å². The van der Waals surface area contributed by atoms with Gasteiger partial charge in [-0.1, -0.05) is 19.9 Å². The molecule has 6 nitrogen and oxygen atoms in total. The maximum Gasteiger partial charge on any atom is 0.240 e. The van der Waals surface area contributed by atoms with Crippen LogP contribution in [-0.4, -0.2) is 40.3 Å². The van der Waals surface area contributed by atoms with Crippen molar-refractivity contribution in [2.24, 2.45) is 18.2 Å². The number of rotatable bonds is 6. The number of imidazole rings is 1. The summed E-state index contributed by atoms with van der Waals surface area (Å²) in [5, 5.41) is 2.91. The lowest BCUT2D eigenvalue weighted by molar-refractivity contribution is -0.170. The highest BCUT2D eigenvalue weighted by Gasteiger charge is 2.62. The van der Waals surface area contributed by atoms with E-state index < -0.39 is 11.0 Å². The number of nitrogens with zero attached hydrogens (tertiary/aromatic N) is 2. The van der Waals surface area contributed by atoms with Crippen LogP contribution in [0.4, 0.5) is 4.39 Å². The van der Waals surface area contributed by atoms with Crippen molar-refractivity contribution < 1.29 is 13.9 Å². The molecule has 0 bridgehead atoms. The monoisotopic (exact) mass is 362 g/mol. The molecule has 26 heavy (non-hydrogen) atoms. The number of para-hydroxylation sites is 1. The molecule has 1 saturated carbocycles. The molecule has 0 aliphatic heterocycles. The number of amides is 1. The Morgan fingerprint density at radius 1 is 1.50 bits per heavy atom. The molecule has 2 atom stereocenters. The number of fused-ring (bicyclic) bond motifs is 1. The number of nitrogens with one attached hydrogen (secondary N) is 1. The van der Waals surface area contributed by atoms with Gasteiger partial charge in [0.2, 0.25) is 5.91 Å². The summed E-state index contributed by atoms with van der Waals surface area (Å²) in [6.45, 7) is 6.86. The van der Waals surface area contributed by atoms with Crippen LogP contribution in [0, 0.1) is 11.2 Å². The molecule has 1 aromatic heterocycles. The van der Waals surface area contributed by atoms with E-state index in [0.717, 1.165) is 11.3 Å². The summed E-state index contributed by atoms with van der Waals surface area (Å²) >= 11 is 0. The van der Waals surface area contributed by atoms with Crippen molar-refractivity contribution in [3.8, 4) is 0 Å². The highest BCUT2D eigenvalue weighted by atomic mass is 19.1. The number of carbonyl (C=O) groups is 1. The van der Waals surface area contributed by atoms with Crippen LogP contribution < -0.4 is 11.1 Å². The first kappa shape index (κ1) is 18.8. The Morgan fingerprint density at radius 2 is 2.23 bits per heavy atom. The third-order valence-electron chi connectivity index (χ3n) is 5.82. The van der Waals surface area contributed by atoms with Gasteiger partial charge < -0.3 is 20.4 Å². The fourth-order valence-electron chi connectivity index (χ4n) is 3.72. The Kier molecular flexibility index (Phi) is 4.79. The SMILES string of the molecule is CCOC1CC(N)(C(=O)NCCc2nc3c(F)cccc3n2C)C1(C)C. The van der Waals surface area contributed by atoms with E-state index in [9.17, 15) is 9.18 Å². The summed E-state index contributed by atoms with van der Waals surface area (Å²) in [6, 6.07) is 4.89. The van der Waals surface area contributed by atoms with Gasteiger partial charge in [0.1, 0.15) is 16.9 Å². The second-order valence-electron chi connectivity index (χ2n) is 7.54. The van der Waals surface area contributed by atoms with E-state index in [1.807, 2.05) is 38.5 Å². The number of hydrogen-bond donors (Lipinski definition) is 2. The van der Waals surface area contributed by atoms with E-state index >= 15 is 0 Å². The van der Waals surface area contributed by atoms with Gasteiger partial charge in [0, 0.05) is 38.5 Å². The van der Waals surface area contributed by atoms with Gasteiger partial charge in [-0.3, -0.25) is 4.79 Å². The first-order valence-corrected chi connectivity index (χ1v) is 9.01. The van der Waals surface area contributed by atoms with E-state index in [4.69, 9.17) is 10.5 Å². The van der Waals surface area contributed by atoms with Crippen molar-refractivity contribution in [1.82, 2.24) is 14.9 Å². The molecule has 7 heteroatoms. The predicted molar refractivity (Wildman–Crippen MR) is 98.1 cm³/mol. The van der Waals surface area contributed by atoms with E-state index in [1.165, 1.54) is 6.07 Å². The molecule has 1 amide bonds. The first-order valence-electron chi connectivity index (χ1n) is 9.01. The zero-order valence-electron chi connectivity index (χ0n) is 15.8. The van der Waals surface area contributed by atoms with Crippen LogP contribution in [0.25, 0.3) is 11.0 Å². The molecule has 0 radical (unpaired) electrons. The van der Waals surface area contributed by atoms with Crippen molar-refractivity contribution in [1.29, 1.82) is 0 Å². The van der Waals surface area contributed by atoms with E-state index in [0.29, 0.717) is 31.5 Å². The van der Waals surface area contributed by atoms with Gasteiger partial charge in [-0.15, -0.1) is 0 Å². The van der Waals surface area contributed by atoms with Crippen molar-refractivity contribution in [2.45, 2.75) is 45.3 Å². The number of benzene rings is 1. The molecule has 2 aromatic rings. The Bertz CT molecular complexity index is 832. The molecule has 1 aliphatic carbocycles. The van der Waals surface area contributed by atoms with Crippen LogP contribution in [0.15, 0.2) is 18.2 Å². The lowest BCUT2D eigenvalue weighted by Crippen LogP contribution is -2.75. The fourth-order valence-corrected chi connectivity index (χ4v) is 3.72. The number of halogens is 1. The van der Waals surface area contributed by atoms with Gasteiger partial charge >= 0.3 is 0 Å². The van der Waals surface area contributed by atoms with E-state index in [1.54, 1.807) is 6.07 Å². The molecule has 0 saturated heterocycles. The van der Waals surface area contributed by atoms with Crippen LogP contribution >= 0.6 is 0 Å². The number of aromatic nitrogens is 2. The van der Waals surface area contributed by atoms with Crippen molar-refractivity contribution in [3.05, 3.63) is 29.8 Å². The lowest BCUT2D eigenvalue weighted by atomic mass is 9.54. The van der Waals surface area contributed by atoms with Crippen LogP contribution in [0.2, 0.25) is 0 Å². The summed E-state index contributed by atoms with van der Waals surface area (Å²) in [4.78, 5) is 17.0. The molecular formula is C19H27FN4O2. The minimum absolute atomic E-state index is 0.00827. The van der Waals surface area contributed by atoms with E-state index in [2.05, 4.69) is 10.3 Å². The maximum atomic E-state index is 13.9. The molecule has 2 unspecified atom stereocenters. The van der Waals surface area contributed by atoms with Crippen LogP contribution in [0.5, 0.6) is 0 Å². The lowest BCUT2D eigenvalue weighted by Gasteiger charge is -2.57. The number of ether oxygens (including phenoxy) is 1. The van der Waals surface area contributed by atoms with Crippen LogP contribution in [0.1, 0.15) is 33.0 Å². The highest BCUT2D eigenvalue weighted by Crippen LogP contribution is 2.49. The van der Waals surface area contributed by atoms with Gasteiger partial charge in [-0.2, -0.15) is 0 Å². The van der Waals surface area contributed by atoms with Gasteiger partial charge in [-0.25, -0.2) is 9.37 Å². The molecule has 0 spiro atoms. The standard InChI is InChI=1S/C19H27FN4O2/c1-5-26-14-11-19(21,18(14,2)3)17(25)22-10-9-15-23-16-12(20)7-6-8-13(16)24(15)4/h6-8,14H,5,9-11,21H2,1-4H3,(H,22,25). The topological polar surface area (TPSA) is 82.2 Å². The summed E-state index contributed by atoms with van der Waals surface area (Å²) in [5.41, 5.74) is 6.10. The van der Waals surface area contributed by atoms with Gasteiger partial charge in [-0.05, 0) is 19.1 Å². The Hall–Kier alpha value is -1.99. The highest BCUT2D eigenvalue weighted by molar-refractivity contribution is 5.88. The van der Waals surface area contributed by atoms with Crippen molar-refractivity contribution >= 4 is 16.9 Å². The number of nitrogens with two attached hydrogens (primary N) is 1. The molecule has 1 heterocycles. The Labute approximate surface area is 152 Å². The largest absolute Gasteiger partial charge is 0.378 e. The molecular weight excluding hydrogens is 335 g/mol. The molecule has 1 aliphatic rings. The average molecular weight is 362 g/mol.